The van der Waals surface area contributed by atoms with E-state index in [2.05, 4.69) is 12.1 Å². The molecule has 5 rings (SSSR count). The quantitative estimate of drug-likeness (QED) is 0.411. The number of para-hydroxylation sites is 1. The summed E-state index contributed by atoms with van der Waals surface area (Å²) < 4.78 is 5.59. The highest BCUT2D eigenvalue weighted by Crippen LogP contribution is 2.35. The molecule has 3 aromatic carbocycles. The smallest absolute Gasteiger partial charge is 0.410 e. The molecule has 4 aromatic rings. The molecule has 0 saturated heterocycles. The normalized spacial score (nSPS) is 15.2. The Morgan fingerprint density at radius 1 is 0.812 bits per heavy atom. The minimum atomic E-state index is -0.371. The van der Waals surface area contributed by atoms with Crippen LogP contribution in [0.3, 0.4) is 0 Å². The largest absolute Gasteiger partial charge is 0.415 e. The van der Waals surface area contributed by atoms with Crippen LogP contribution in [0.15, 0.2) is 91.0 Å². The Morgan fingerprint density at radius 3 is 1.94 bits per heavy atom. The van der Waals surface area contributed by atoms with Gasteiger partial charge in [-0.15, -0.1) is 0 Å². The maximum absolute atomic E-state index is 12.9. The Bertz CT molecular complexity index is 1230. The molecule has 158 valence electrons. The zero-order valence-electron chi connectivity index (χ0n) is 17.8. The molecule has 0 saturated carbocycles. The molecule has 5 heteroatoms. The number of carbonyl (C=O) groups is 1. The molecule has 2 heterocycles. The predicted octanol–water partition coefficient (Wildman–Crippen LogP) is 5.93. The maximum Gasteiger partial charge on any atom is 0.415 e. The average Bonchev–Trinajstić information content (AvgIpc) is 2.85. The third-order valence-corrected chi connectivity index (χ3v) is 5.73. The van der Waals surface area contributed by atoms with Crippen LogP contribution in [-0.2, 0) is 6.42 Å². The lowest BCUT2D eigenvalue weighted by molar-refractivity contribution is 0.129. The zero-order chi connectivity index (χ0) is 21.9. The predicted molar refractivity (Wildman–Crippen MR) is 124 cm³/mol. The van der Waals surface area contributed by atoms with Crippen molar-refractivity contribution in [2.45, 2.75) is 19.4 Å². The first-order valence-electron chi connectivity index (χ1n) is 10.8. The molecule has 1 amide bonds. The first-order valence-corrected chi connectivity index (χ1v) is 10.8. The van der Waals surface area contributed by atoms with Gasteiger partial charge in [-0.05, 0) is 19.1 Å². The topological polar surface area (TPSA) is 55.3 Å². The van der Waals surface area contributed by atoms with Gasteiger partial charge in [0.05, 0.1) is 28.8 Å². The summed E-state index contributed by atoms with van der Waals surface area (Å²) in [5.41, 5.74) is 5.46. The number of amides is 1. The first kappa shape index (κ1) is 19.9. The summed E-state index contributed by atoms with van der Waals surface area (Å²) in [6, 6.07) is 29.1. The van der Waals surface area contributed by atoms with Crippen molar-refractivity contribution in [1.29, 1.82) is 0 Å². The van der Waals surface area contributed by atoms with Gasteiger partial charge in [0, 0.05) is 24.1 Å². The van der Waals surface area contributed by atoms with Gasteiger partial charge in [-0.25, -0.2) is 14.8 Å². The zero-order valence-corrected chi connectivity index (χ0v) is 17.8. The molecule has 0 spiro atoms. The van der Waals surface area contributed by atoms with Gasteiger partial charge in [0.2, 0.25) is 0 Å². The number of rotatable bonds is 3. The van der Waals surface area contributed by atoms with Crippen LogP contribution in [0.5, 0.6) is 5.75 Å². The Morgan fingerprint density at radius 2 is 1.34 bits per heavy atom. The molecule has 1 unspecified atom stereocenters. The molecule has 0 N–H and O–H groups in total. The first-order chi connectivity index (χ1) is 15.7. The molecule has 0 fully saturated rings. The minimum Gasteiger partial charge on any atom is -0.410 e. The fourth-order valence-corrected chi connectivity index (χ4v) is 4.06. The third kappa shape index (κ3) is 3.85. The highest BCUT2D eigenvalue weighted by atomic mass is 16.6. The van der Waals surface area contributed by atoms with E-state index in [0.29, 0.717) is 18.7 Å². The summed E-state index contributed by atoms with van der Waals surface area (Å²) in [6.45, 7) is 2.52. The van der Waals surface area contributed by atoms with Crippen LogP contribution in [-0.4, -0.2) is 27.5 Å². The van der Waals surface area contributed by atoms with Crippen molar-refractivity contribution in [2.24, 2.45) is 0 Å². The lowest BCUT2D eigenvalue weighted by atomic mass is 9.99. The lowest BCUT2D eigenvalue weighted by Crippen LogP contribution is -2.41. The van der Waals surface area contributed by atoms with E-state index in [1.165, 1.54) is 0 Å². The number of aromatic nitrogens is 2. The van der Waals surface area contributed by atoms with E-state index >= 15 is 0 Å². The van der Waals surface area contributed by atoms with Gasteiger partial charge >= 0.3 is 6.09 Å². The van der Waals surface area contributed by atoms with Crippen molar-refractivity contribution < 1.29 is 9.53 Å². The van der Waals surface area contributed by atoms with E-state index in [0.717, 1.165) is 33.9 Å². The summed E-state index contributed by atoms with van der Waals surface area (Å²) in [5, 5.41) is 0. The third-order valence-electron chi connectivity index (χ3n) is 5.73. The van der Waals surface area contributed by atoms with E-state index in [1.807, 2.05) is 73.7 Å². The number of benzene rings is 3. The number of hydrogen-bond donors (Lipinski definition) is 0. The molecule has 32 heavy (non-hydrogen) atoms. The van der Waals surface area contributed by atoms with Gasteiger partial charge in [0.25, 0.3) is 0 Å². The van der Waals surface area contributed by atoms with Crippen LogP contribution in [0.2, 0.25) is 0 Å². The Labute approximate surface area is 187 Å². The van der Waals surface area contributed by atoms with Gasteiger partial charge in [0.1, 0.15) is 5.75 Å². The highest BCUT2D eigenvalue weighted by Gasteiger charge is 2.32. The number of hydrogen-bond acceptors (Lipinski definition) is 4. The van der Waals surface area contributed by atoms with Gasteiger partial charge in [-0.1, -0.05) is 78.9 Å². The average molecular weight is 422 g/mol. The summed E-state index contributed by atoms with van der Waals surface area (Å²) in [7, 11) is 0. The van der Waals surface area contributed by atoms with Crippen LogP contribution in [0.25, 0.3) is 22.5 Å². The molecule has 1 atom stereocenters. The van der Waals surface area contributed by atoms with E-state index in [4.69, 9.17) is 14.7 Å². The second-order valence-electron chi connectivity index (χ2n) is 7.79. The van der Waals surface area contributed by atoms with Crippen LogP contribution in [0, 0.1) is 0 Å². The molecular formula is C27H23N3O2. The van der Waals surface area contributed by atoms with Crippen molar-refractivity contribution in [3.8, 4) is 28.3 Å². The number of nitrogens with zero attached hydrogens (tertiary/aromatic N) is 3. The molecule has 0 bridgehead atoms. The van der Waals surface area contributed by atoms with Crippen molar-refractivity contribution in [1.82, 2.24) is 14.9 Å². The van der Waals surface area contributed by atoms with E-state index in [9.17, 15) is 4.79 Å². The van der Waals surface area contributed by atoms with Crippen LogP contribution >= 0.6 is 0 Å². The SMILES string of the molecule is CC1c2nc(-c3ccccc3)c(-c3ccccc3)nc2CCN1C(=O)Oc1ccccc1. The Hall–Kier alpha value is -3.99. The van der Waals surface area contributed by atoms with Crippen LogP contribution in [0.4, 0.5) is 4.79 Å². The summed E-state index contributed by atoms with van der Waals surface area (Å²) >= 11 is 0. The van der Waals surface area contributed by atoms with Crippen LogP contribution < -0.4 is 4.74 Å². The van der Waals surface area contributed by atoms with Gasteiger partial charge in [0.15, 0.2) is 0 Å². The lowest BCUT2D eigenvalue weighted by Gasteiger charge is -2.33. The second-order valence-corrected chi connectivity index (χ2v) is 7.79. The second kappa shape index (κ2) is 8.63. The summed E-state index contributed by atoms with van der Waals surface area (Å²) in [4.78, 5) is 24.7. The maximum atomic E-state index is 12.9. The van der Waals surface area contributed by atoms with Crippen molar-refractivity contribution in [3.05, 3.63) is 102 Å². The minimum absolute atomic E-state index is 0.241. The molecule has 0 radical (unpaired) electrons. The van der Waals surface area contributed by atoms with Crippen molar-refractivity contribution in [3.63, 3.8) is 0 Å². The number of carbonyl (C=O) groups excluding carboxylic acids is 1. The van der Waals surface area contributed by atoms with E-state index < -0.39 is 0 Å². The molecule has 1 aliphatic heterocycles. The molecule has 0 aliphatic carbocycles. The fourth-order valence-electron chi connectivity index (χ4n) is 4.06. The molecule has 1 aromatic heterocycles. The summed E-state index contributed by atoms with van der Waals surface area (Å²) in [5.74, 6) is 0.533. The highest BCUT2D eigenvalue weighted by molar-refractivity contribution is 5.78. The Kier molecular flexibility index (Phi) is 5.38. The van der Waals surface area contributed by atoms with Gasteiger partial charge in [-0.2, -0.15) is 0 Å². The van der Waals surface area contributed by atoms with Crippen LogP contribution in [0.1, 0.15) is 24.4 Å². The molecule has 5 nitrogen and oxygen atoms in total. The molecule has 1 aliphatic rings. The fraction of sp³-hybridized carbons (Fsp3) is 0.148. The monoisotopic (exact) mass is 421 g/mol. The Balaban J connectivity index is 1.54. The van der Waals surface area contributed by atoms with Crippen molar-refractivity contribution >= 4 is 6.09 Å². The van der Waals surface area contributed by atoms with E-state index in [1.54, 1.807) is 17.0 Å². The number of fused-ring (bicyclic) bond motifs is 1. The van der Waals surface area contributed by atoms with Gasteiger partial charge in [-0.3, -0.25) is 4.90 Å². The van der Waals surface area contributed by atoms with Gasteiger partial charge < -0.3 is 4.74 Å². The number of ether oxygens (including phenoxy) is 1. The van der Waals surface area contributed by atoms with E-state index in [-0.39, 0.29) is 12.1 Å². The molecular weight excluding hydrogens is 398 g/mol. The van der Waals surface area contributed by atoms with Crippen molar-refractivity contribution in [2.75, 3.05) is 6.54 Å². The summed E-state index contributed by atoms with van der Waals surface area (Å²) in [6.07, 6.45) is 0.260. The standard InChI is InChI=1S/C27H23N3O2/c1-19-24-23(17-18-30(19)27(31)32-22-15-9-4-10-16-22)28-25(20-11-5-2-6-12-20)26(29-24)21-13-7-3-8-14-21/h2-16,19H,17-18H2,1H3.